The highest BCUT2D eigenvalue weighted by molar-refractivity contribution is 5.94. The van der Waals surface area contributed by atoms with Crippen LogP contribution in [0.5, 0.6) is 0 Å². The molecule has 1 fully saturated rings. The van der Waals surface area contributed by atoms with E-state index in [1.54, 1.807) is 25.3 Å². The molecule has 3 aromatic heterocycles. The fourth-order valence-electron chi connectivity index (χ4n) is 5.11. The Kier molecular flexibility index (Phi) is 5.37. The van der Waals surface area contributed by atoms with Gasteiger partial charge in [0.15, 0.2) is 0 Å². The predicted molar refractivity (Wildman–Crippen MR) is 127 cm³/mol. The highest BCUT2D eigenvalue weighted by Crippen LogP contribution is 2.40. The van der Waals surface area contributed by atoms with Crippen molar-refractivity contribution in [3.05, 3.63) is 47.8 Å². The van der Waals surface area contributed by atoms with Gasteiger partial charge in [-0.25, -0.2) is 14.4 Å². The summed E-state index contributed by atoms with van der Waals surface area (Å²) in [6, 6.07) is 4.71. The number of ketones is 1. The fourth-order valence-corrected chi connectivity index (χ4v) is 5.11. The van der Waals surface area contributed by atoms with Gasteiger partial charge in [0.2, 0.25) is 0 Å². The molecule has 0 aliphatic heterocycles. The first-order chi connectivity index (χ1) is 16.0. The van der Waals surface area contributed by atoms with Crippen LogP contribution in [0, 0.1) is 24.1 Å². The third kappa shape index (κ3) is 3.76. The molecule has 33 heavy (non-hydrogen) atoms. The number of H-pyrrole nitrogens is 1. The first-order valence-corrected chi connectivity index (χ1v) is 11.4. The van der Waals surface area contributed by atoms with E-state index in [1.165, 1.54) is 6.07 Å². The first-order valence-electron chi connectivity index (χ1n) is 11.4. The number of fused-ring (bicyclic) bond motifs is 2. The highest BCUT2D eigenvalue weighted by atomic mass is 19.1. The number of carbonyl (C=O) groups is 1. The number of halogens is 1. The van der Waals surface area contributed by atoms with Gasteiger partial charge in [-0.15, -0.1) is 6.42 Å². The molecule has 0 bridgehead atoms. The minimum atomic E-state index is -0.342. The molecule has 1 aromatic carbocycles. The lowest BCUT2D eigenvalue weighted by atomic mass is 9.79. The number of rotatable bonds is 5. The van der Waals surface area contributed by atoms with Gasteiger partial charge in [-0.1, -0.05) is 5.92 Å². The summed E-state index contributed by atoms with van der Waals surface area (Å²) in [6.45, 7) is 1.66. The van der Waals surface area contributed by atoms with Gasteiger partial charge in [-0.2, -0.15) is 0 Å². The van der Waals surface area contributed by atoms with Gasteiger partial charge in [0.25, 0.3) is 0 Å². The number of aromatic amines is 1. The fraction of sp³-hybridized carbons (Fsp3) is 0.346. The monoisotopic (exact) mass is 443 g/mol. The number of nitrogens with two attached hydrogens (primary N) is 1. The number of anilines is 1. The summed E-state index contributed by atoms with van der Waals surface area (Å²) in [7, 11) is 0. The number of terminal acetylenes is 1. The maximum Gasteiger partial charge on any atom is 0.150 e. The van der Waals surface area contributed by atoms with Crippen LogP contribution in [-0.4, -0.2) is 25.1 Å². The highest BCUT2D eigenvalue weighted by Gasteiger charge is 2.28. The van der Waals surface area contributed by atoms with Gasteiger partial charge >= 0.3 is 0 Å². The molecule has 0 atom stereocenters. The van der Waals surface area contributed by atoms with Crippen LogP contribution in [0.2, 0.25) is 0 Å². The van der Waals surface area contributed by atoms with Crippen LogP contribution in [0.15, 0.2) is 30.6 Å². The normalized spacial score (nSPS) is 18.6. The Morgan fingerprint density at radius 2 is 2.12 bits per heavy atom. The van der Waals surface area contributed by atoms with Gasteiger partial charge in [0.1, 0.15) is 34.5 Å². The van der Waals surface area contributed by atoms with Crippen molar-refractivity contribution in [2.75, 3.05) is 5.73 Å². The number of aromatic nitrogens is 4. The molecule has 1 aliphatic carbocycles. The molecule has 6 nitrogen and oxygen atoms in total. The minimum absolute atomic E-state index is 0.256. The van der Waals surface area contributed by atoms with Gasteiger partial charge in [-0.05, 0) is 63.1 Å². The maximum atomic E-state index is 14.5. The lowest BCUT2D eigenvalue weighted by Crippen LogP contribution is -2.16. The Morgan fingerprint density at radius 3 is 2.85 bits per heavy atom. The number of nitrogen functional groups attached to an aromatic ring is 1. The van der Waals surface area contributed by atoms with Crippen molar-refractivity contribution in [1.82, 2.24) is 19.4 Å². The number of Topliss-reactive ketones (excluding diaryl/α,β-unsaturated/α-hetero) is 1. The number of imidazole rings is 1. The molecule has 0 unspecified atom stereocenters. The van der Waals surface area contributed by atoms with Gasteiger partial charge in [0, 0.05) is 35.7 Å². The Labute approximate surface area is 191 Å². The first kappa shape index (κ1) is 21.2. The van der Waals surface area contributed by atoms with Crippen LogP contribution in [0.3, 0.4) is 0 Å². The number of nitrogens with one attached hydrogen (secondary N) is 1. The zero-order valence-corrected chi connectivity index (χ0v) is 18.6. The van der Waals surface area contributed by atoms with Crippen molar-refractivity contribution in [2.24, 2.45) is 5.92 Å². The van der Waals surface area contributed by atoms with Crippen molar-refractivity contribution in [2.45, 2.75) is 51.4 Å². The molecule has 168 valence electrons. The van der Waals surface area contributed by atoms with Gasteiger partial charge in [0.05, 0.1) is 11.2 Å². The Bertz CT molecular complexity index is 1400. The predicted octanol–water partition coefficient (Wildman–Crippen LogP) is 5.22. The van der Waals surface area contributed by atoms with Crippen molar-refractivity contribution in [3.8, 4) is 23.7 Å². The lowest BCUT2D eigenvalue weighted by molar-refractivity contribution is -0.117. The van der Waals surface area contributed by atoms with E-state index in [1.807, 2.05) is 10.6 Å². The van der Waals surface area contributed by atoms with Crippen molar-refractivity contribution in [1.29, 1.82) is 0 Å². The van der Waals surface area contributed by atoms with Crippen LogP contribution in [0.4, 0.5) is 10.2 Å². The van der Waals surface area contributed by atoms with E-state index >= 15 is 0 Å². The molecule has 1 saturated carbocycles. The van der Waals surface area contributed by atoms with E-state index in [2.05, 4.69) is 15.9 Å². The average Bonchev–Trinajstić information content (AvgIpc) is 3.42. The van der Waals surface area contributed by atoms with Crippen LogP contribution >= 0.6 is 0 Å². The lowest BCUT2D eigenvalue weighted by Gasteiger charge is -2.27. The molecule has 0 spiro atoms. The van der Waals surface area contributed by atoms with Gasteiger partial charge < -0.3 is 15.5 Å². The molecule has 3 heterocycles. The van der Waals surface area contributed by atoms with E-state index in [-0.39, 0.29) is 17.5 Å². The Morgan fingerprint density at radius 1 is 1.33 bits per heavy atom. The molecular weight excluding hydrogens is 417 g/mol. The maximum absolute atomic E-state index is 14.5. The SMILES string of the molecule is C#Cc1ccc(F)c2cc(-c3nc(C4CCC(CCC(C)=O)CC4)n4ccnc(N)c34)[nH]c12. The molecule has 7 heteroatoms. The van der Waals surface area contributed by atoms with Crippen LogP contribution < -0.4 is 5.73 Å². The van der Waals surface area contributed by atoms with Crippen molar-refractivity contribution >= 4 is 28.0 Å². The number of hydrogen-bond acceptors (Lipinski definition) is 4. The summed E-state index contributed by atoms with van der Waals surface area (Å²) in [5.74, 6) is 4.70. The largest absolute Gasteiger partial charge is 0.382 e. The summed E-state index contributed by atoms with van der Waals surface area (Å²) >= 11 is 0. The summed E-state index contributed by atoms with van der Waals surface area (Å²) in [4.78, 5) is 23.9. The van der Waals surface area contributed by atoms with E-state index in [9.17, 15) is 9.18 Å². The third-order valence-electron chi connectivity index (χ3n) is 6.88. The number of benzene rings is 1. The van der Waals surface area contributed by atoms with E-state index < -0.39 is 0 Å². The molecule has 0 radical (unpaired) electrons. The van der Waals surface area contributed by atoms with E-state index in [0.29, 0.717) is 51.5 Å². The second kappa shape index (κ2) is 8.36. The standard InChI is InChI=1S/C26H26FN5O/c1-3-17-10-11-20(27)19-14-21(30-22(17)19)23-24-25(28)29-12-13-32(24)26(31-23)18-8-6-16(7-9-18)5-4-15(2)33/h1,10-14,16,18,30H,4-9H2,2H3,(H2,28,29). The molecule has 3 N–H and O–H groups in total. The Hall–Kier alpha value is -3.66. The second-order valence-corrected chi connectivity index (χ2v) is 9.02. The molecule has 4 aromatic rings. The third-order valence-corrected chi connectivity index (χ3v) is 6.88. The Balaban J connectivity index is 1.55. The molecule has 1 aliphatic rings. The topological polar surface area (TPSA) is 89.1 Å². The molecular formula is C26H26FN5O. The molecule has 0 saturated heterocycles. The smallest absolute Gasteiger partial charge is 0.150 e. The van der Waals surface area contributed by atoms with Crippen LogP contribution in [0.25, 0.3) is 27.8 Å². The quantitative estimate of drug-likeness (QED) is 0.414. The summed E-state index contributed by atoms with van der Waals surface area (Å²) in [6.07, 6.45) is 15.0. The number of nitrogens with zero attached hydrogens (tertiary/aromatic N) is 3. The van der Waals surface area contributed by atoms with E-state index in [4.69, 9.17) is 17.1 Å². The van der Waals surface area contributed by atoms with E-state index in [0.717, 1.165) is 37.9 Å². The van der Waals surface area contributed by atoms with Gasteiger partial charge in [-0.3, -0.25) is 4.40 Å². The summed E-state index contributed by atoms with van der Waals surface area (Å²) in [5, 5.41) is 0.427. The van der Waals surface area contributed by atoms with Crippen LogP contribution in [-0.2, 0) is 4.79 Å². The zero-order chi connectivity index (χ0) is 23.1. The zero-order valence-electron chi connectivity index (χ0n) is 18.6. The number of hydrogen-bond donors (Lipinski definition) is 2. The summed E-state index contributed by atoms with van der Waals surface area (Å²) in [5.41, 5.74) is 9.46. The van der Waals surface area contributed by atoms with Crippen LogP contribution in [0.1, 0.15) is 62.8 Å². The minimum Gasteiger partial charge on any atom is -0.382 e. The average molecular weight is 444 g/mol. The van der Waals surface area contributed by atoms with Crippen molar-refractivity contribution in [3.63, 3.8) is 0 Å². The van der Waals surface area contributed by atoms with Crippen molar-refractivity contribution < 1.29 is 9.18 Å². The summed E-state index contributed by atoms with van der Waals surface area (Å²) < 4.78 is 16.5. The second-order valence-electron chi connectivity index (χ2n) is 9.02. The molecule has 0 amide bonds. The number of carbonyl (C=O) groups excluding carboxylic acids is 1. The molecule has 5 rings (SSSR count).